The number of aliphatic carboxylic acids is 1. The van der Waals surface area contributed by atoms with Gasteiger partial charge in [-0.3, -0.25) is 0 Å². The lowest BCUT2D eigenvalue weighted by molar-refractivity contribution is -0.149. The Balaban J connectivity index is 1.51. The van der Waals surface area contributed by atoms with Crippen LogP contribution in [0, 0.1) is 5.92 Å². The number of carboxylic acid groups (broad SMARTS) is 1. The number of halogens is 1. The lowest BCUT2D eigenvalue weighted by atomic mass is 9.86. The van der Waals surface area contributed by atoms with Gasteiger partial charge in [-0.05, 0) is 49.1 Å². The normalized spacial score (nSPS) is 14.6. The SMILES string of the molecule is CCOC(Cc1ccc(OCCN(CCCCC2CCCCC2)C(=O)Nc2ccccc2Cl)cc1)C(=O)O. The first kappa shape index (κ1) is 29.8. The van der Waals surface area contributed by atoms with Crippen LogP contribution in [0.3, 0.4) is 0 Å². The van der Waals surface area contributed by atoms with Gasteiger partial charge in [0.15, 0.2) is 6.10 Å². The molecule has 0 heterocycles. The molecule has 7 nitrogen and oxygen atoms in total. The highest BCUT2D eigenvalue weighted by molar-refractivity contribution is 6.33. The van der Waals surface area contributed by atoms with E-state index in [1.807, 2.05) is 36.4 Å². The molecule has 2 N–H and O–H groups in total. The Morgan fingerprint density at radius 2 is 1.79 bits per heavy atom. The summed E-state index contributed by atoms with van der Waals surface area (Å²) in [6.07, 6.45) is 9.46. The Labute approximate surface area is 231 Å². The number of carbonyl (C=O) groups excluding carboxylic acids is 1. The Morgan fingerprint density at radius 1 is 1.05 bits per heavy atom. The van der Waals surface area contributed by atoms with Gasteiger partial charge in [0.25, 0.3) is 0 Å². The molecular formula is C30H41ClN2O5. The maximum Gasteiger partial charge on any atom is 0.333 e. The average Bonchev–Trinajstić information content (AvgIpc) is 2.92. The van der Waals surface area contributed by atoms with Gasteiger partial charge in [0, 0.05) is 19.6 Å². The predicted octanol–water partition coefficient (Wildman–Crippen LogP) is 7.04. The van der Waals surface area contributed by atoms with Crippen LogP contribution in [0.15, 0.2) is 48.5 Å². The molecule has 208 valence electrons. The van der Waals surface area contributed by atoms with E-state index in [0.717, 1.165) is 24.3 Å². The lowest BCUT2D eigenvalue weighted by Crippen LogP contribution is -2.38. The van der Waals surface area contributed by atoms with Crippen LogP contribution in [0.1, 0.15) is 63.9 Å². The van der Waals surface area contributed by atoms with Crippen LogP contribution in [0.4, 0.5) is 10.5 Å². The van der Waals surface area contributed by atoms with Crippen molar-refractivity contribution in [3.63, 3.8) is 0 Å². The Morgan fingerprint density at radius 3 is 2.47 bits per heavy atom. The molecule has 1 unspecified atom stereocenters. The maximum atomic E-state index is 13.1. The van der Waals surface area contributed by atoms with E-state index in [9.17, 15) is 14.7 Å². The summed E-state index contributed by atoms with van der Waals surface area (Å²) in [6, 6.07) is 14.4. The largest absolute Gasteiger partial charge is 0.492 e. The van der Waals surface area contributed by atoms with E-state index in [2.05, 4.69) is 5.32 Å². The van der Waals surface area contributed by atoms with Gasteiger partial charge in [0.2, 0.25) is 0 Å². The summed E-state index contributed by atoms with van der Waals surface area (Å²) in [6.45, 7) is 3.56. The van der Waals surface area contributed by atoms with Crippen LogP contribution >= 0.6 is 11.6 Å². The van der Waals surface area contributed by atoms with E-state index in [4.69, 9.17) is 21.1 Å². The fourth-order valence-corrected chi connectivity index (χ4v) is 5.09. The molecule has 2 aromatic carbocycles. The summed E-state index contributed by atoms with van der Waals surface area (Å²) in [5, 5.41) is 12.7. The minimum atomic E-state index is -0.971. The van der Waals surface area contributed by atoms with Crippen LogP contribution in [-0.2, 0) is 16.0 Å². The molecule has 2 aromatic rings. The molecule has 8 heteroatoms. The van der Waals surface area contributed by atoms with Gasteiger partial charge in [-0.25, -0.2) is 9.59 Å². The molecule has 1 aliphatic carbocycles. The van der Waals surface area contributed by atoms with E-state index in [1.165, 1.54) is 38.5 Å². The number of urea groups is 1. The fraction of sp³-hybridized carbons (Fsp3) is 0.533. The summed E-state index contributed by atoms with van der Waals surface area (Å²) in [4.78, 5) is 26.2. The molecule has 0 bridgehead atoms. The van der Waals surface area contributed by atoms with E-state index in [1.54, 1.807) is 24.0 Å². The number of rotatable bonds is 15. The highest BCUT2D eigenvalue weighted by Gasteiger charge is 2.19. The van der Waals surface area contributed by atoms with Gasteiger partial charge in [-0.2, -0.15) is 0 Å². The van der Waals surface area contributed by atoms with Crippen LogP contribution in [0.2, 0.25) is 5.02 Å². The Hall–Kier alpha value is -2.77. The zero-order chi connectivity index (χ0) is 27.2. The molecular weight excluding hydrogens is 504 g/mol. The highest BCUT2D eigenvalue weighted by atomic mass is 35.5. The standard InChI is InChI=1S/C30H41ClN2O5/c1-2-37-28(29(34)35)22-24-15-17-25(18-16-24)38-21-20-33(19-9-8-12-23-10-4-3-5-11-23)30(36)32-27-14-7-6-13-26(27)31/h6-7,13-18,23,28H,2-5,8-12,19-22H2,1H3,(H,32,36)(H,34,35). The minimum Gasteiger partial charge on any atom is -0.492 e. The van der Waals surface area contributed by atoms with Crippen molar-refractivity contribution in [3.05, 3.63) is 59.1 Å². The van der Waals surface area contributed by atoms with Crippen LogP contribution in [0.25, 0.3) is 0 Å². The van der Waals surface area contributed by atoms with Crippen LogP contribution in [-0.4, -0.2) is 54.4 Å². The van der Waals surface area contributed by atoms with Gasteiger partial charge >= 0.3 is 12.0 Å². The third-order valence-electron chi connectivity index (χ3n) is 7.04. The van der Waals surface area contributed by atoms with Gasteiger partial charge in [0.05, 0.1) is 17.3 Å². The number of ether oxygens (including phenoxy) is 2. The lowest BCUT2D eigenvalue weighted by Gasteiger charge is -2.25. The minimum absolute atomic E-state index is 0.189. The monoisotopic (exact) mass is 544 g/mol. The Bertz CT molecular complexity index is 994. The van der Waals surface area contributed by atoms with Crippen molar-refractivity contribution in [2.45, 2.75) is 70.8 Å². The number of benzene rings is 2. The molecule has 2 amide bonds. The number of unbranched alkanes of at least 4 members (excludes halogenated alkanes) is 1. The summed E-state index contributed by atoms with van der Waals surface area (Å²) >= 11 is 6.25. The number of hydrogen-bond acceptors (Lipinski definition) is 4. The average molecular weight is 545 g/mol. The molecule has 3 rings (SSSR count). The van der Waals surface area contributed by atoms with Gasteiger partial charge < -0.3 is 24.8 Å². The Kier molecular flexibility index (Phi) is 12.7. The molecule has 0 aliphatic heterocycles. The van der Waals surface area contributed by atoms with Crippen molar-refractivity contribution in [1.82, 2.24) is 4.90 Å². The number of carbonyl (C=O) groups is 2. The zero-order valence-corrected chi connectivity index (χ0v) is 23.1. The summed E-state index contributed by atoms with van der Waals surface area (Å²) in [5.74, 6) is 0.529. The fourth-order valence-electron chi connectivity index (χ4n) is 4.91. The second kappa shape index (κ2) is 16.2. The van der Waals surface area contributed by atoms with Crippen molar-refractivity contribution in [3.8, 4) is 5.75 Å². The van der Waals surface area contributed by atoms with Gasteiger partial charge in [-0.1, -0.05) is 80.8 Å². The summed E-state index contributed by atoms with van der Waals surface area (Å²) < 4.78 is 11.2. The number of para-hydroxylation sites is 1. The van der Waals surface area contributed by atoms with Crippen molar-refractivity contribution >= 4 is 29.3 Å². The molecule has 38 heavy (non-hydrogen) atoms. The molecule has 0 saturated heterocycles. The first-order valence-electron chi connectivity index (χ1n) is 13.8. The van der Waals surface area contributed by atoms with E-state index >= 15 is 0 Å². The highest BCUT2D eigenvalue weighted by Crippen LogP contribution is 2.28. The number of carboxylic acids is 1. The third-order valence-corrected chi connectivity index (χ3v) is 7.37. The second-order valence-corrected chi connectivity index (χ2v) is 10.3. The third kappa shape index (κ3) is 10.2. The maximum absolute atomic E-state index is 13.1. The second-order valence-electron chi connectivity index (χ2n) is 9.88. The van der Waals surface area contributed by atoms with E-state index < -0.39 is 12.1 Å². The number of anilines is 1. The topological polar surface area (TPSA) is 88.1 Å². The molecule has 1 atom stereocenters. The van der Waals surface area contributed by atoms with Gasteiger partial charge in [-0.15, -0.1) is 0 Å². The quantitative estimate of drug-likeness (QED) is 0.235. The van der Waals surface area contributed by atoms with Crippen LogP contribution < -0.4 is 10.1 Å². The van der Waals surface area contributed by atoms with Crippen molar-refractivity contribution < 1.29 is 24.2 Å². The molecule has 1 saturated carbocycles. The number of amides is 2. The number of nitrogens with one attached hydrogen (secondary N) is 1. The summed E-state index contributed by atoms with van der Waals surface area (Å²) in [7, 11) is 0. The molecule has 0 spiro atoms. The molecule has 1 aliphatic rings. The van der Waals surface area contributed by atoms with Crippen molar-refractivity contribution in [2.75, 3.05) is 31.6 Å². The summed E-state index contributed by atoms with van der Waals surface area (Å²) in [5.41, 5.74) is 1.45. The van der Waals surface area contributed by atoms with Crippen molar-refractivity contribution in [2.24, 2.45) is 5.92 Å². The molecule has 0 radical (unpaired) electrons. The zero-order valence-electron chi connectivity index (χ0n) is 22.4. The van der Waals surface area contributed by atoms with E-state index in [0.29, 0.717) is 49.2 Å². The first-order chi connectivity index (χ1) is 18.5. The first-order valence-corrected chi connectivity index (χ1v) is 14.2. The van der Waals surface area contributed by atoms with Gasteiger partial charge in [0.1, 0.15) is 12.4 Å². The van der Waals surface area contributed by atoms with E-state index in [-0.39, 0.29) is 6.03 Å². The molecule has 0 aromatic heterocycles. The smallest absolute Gasteiger partial charge is 0.333 e. The van der Waals surface area contributed by atoms with Crippen LogP contribution in [0.5, 0.6) is 5.75 Å². The number of hydrogen-bond donors (Lipinski definition) is 2. The predicted molar refractivity (Wildman–Crippen MR) is 151 cm³/mol. The van der Waals surface area contributed by atoms with Crippen molar-refractivity contribution in [1.29, 1.82) is 0 Å². The number of nitrogens with zero attached hydrogens (tertiary/aromatic N) is 1. The molecule has 1 fully saturated rings.